The molecule has 1 saturated heterocycles. The lowest BCUT2D eigenvalue weighted by atomic mass is 9.89. The molecule has 0 aromatic heterocycles. The van der Waals surface area contributed by atoms with Crippen LogP contribution in [-0.2, 0) is 22.4 Å². The molecule has 1 heterocycles. The van der Waals surface area contributed by atoms with E-state index >= 15 is 0 Å². The van der Waals surface area contributed by atoms with E-state index in [1.807, 2.05) is 37.3 Å². The second-order valence-electron chi connectivity index (χ2n) is 8.36. The first-order valence-corrected chi connectivity index (χ1v) is 11.4. The number of rotatable bonds is 6. The van der Waals surface area contributed by atoms with Crippen LogP contribution in [0.15, 0.2) is 54.2 Å². The summed E-state index contributed by atoms with van der Waals surface area (Å²) in [5, 5.41) is 15.7. The van der Waals surface area contributed by atoms with E-state index in [1.54, 1.807) is 0 Å². The topological polar surface area (TPSA) is 77.4 Å². The summed E-state index contributed by atoms with van der Waals surface area (Å²) in [4.78, 5) is 15.0. The Morgan fingerprint density at radius 2 is 1.88 bits per heavy atom. The summed E-state index contributed by atoms with van der Waals surface area (Å²) in [7, 11) is 0. The SMILES string of the molecule is CC(NC(=O)/C(C#N)=C\Nc1ccccc1N1CCOCC1)c1ccc2c(c1)CCCC2. The Morgan fingerprint density at radius 1 is 1.12 bits per heavy atom. The first-order valence-electron chi connectivity index (χ1n) is 11.4. The quantitative estimate of drug-likeness (QED) is 0.533. The second-order valence-corrected chi connectivity index (χ2v) is 8.36. The first kappa shape index (κ1) is 21.9. The van der Waals surface area contributed by atoms with Crippen LogP contribution in [0.2, 0.25) is 0 Å². The predicted molar refractivity (Wildman–Crippen MR) is 126 cm³/mol. The summed E-state index contributed by atoms with van der Waals surface area (Å²) in [5.41, 5.74) is 5.81. The number of fused-ring (bicyclic) bond motifs is 1. The fourth-order valence-electron chi connectivity index (χ4n) is 4.35. The molecule has 0 bridgehead atoms. The molecule has 166 valence electrons. The van der Waals surface area contributed by atoms with Crippen molar-refractivity contribution in [2.24, 2.45) is 0 Å². The molecule has 2 aromatic carbocycles. The molecule has 1 atom stereocenters. The number of carbonyl (C=O) groups is 1. The minimum absolute atomic E-state index is 0.0478. The molecule has 0 radical (unpaired) electrons. The van der Waals surface area contributed by atoms with Crippen LogP contribution in [0.1, 0.15) is 42.5 Å². The van der Waals surface area contributed by atoms with Crippen molar-refractivity contribution in [2.75, 3.05) is 36.5 Å². The molecular weight excluding hydrogens is 400 g/mol. The van der Waals surface area contributed by atoms with E-state index in [0.717, 1.165) is 42.9 Å². The van der Waals surface area contributed by atoms with Crippen LogP contribution < -0.4 is 15.5 Å². The van der Waals surface area contributed by atoms with Gasteiger partial charge in [0.15, 0.2) is 0 Å². The Balaban J connectivity index is 1.44. The van der Waals surface area contributed by atoms with Crippen molar-refractivity contribution in [1.29, 1.82) is 5.26 Å². The van der Waals surface area contributed by atoms with Crippen molar-refractivity contribution in [2.45, 2.75) is 38.6 Å². The first-order chi connectivity index (χ1) is 15.7. The number of carbonyl (C=O) groups excluding carboxylic acids is 1. The highest BCUT2D eigenvalue weighted by Gasteiger charge is 2.17. The van der Waals surface area contributed by atoms with Crippen LogP contribution in [0.4, 0.5) is 11.4 Å². The highest BCUT2D eigenvalue weighted by atomic mass is 16.5. The smallest absolute Gasteiger partial charge is 0.263 e. The van der Waals surface area contributed by atoms with Crippen molar-refractivity contribution in [3.63, 3.8) is 0 Å². The zero-order valence-corrected chi connectivity index (χ0v) is 18.6. The van der Waals surface area contributed by atoms with E-state index in [0.29, 0.717) is 13.2 Å². The second kappa shape index (κ2) is 10.3. The highest BCUT2D eigenvalue weighted by Crippen LogP contribution is 2.27. The fourth-order valence-corrected chi connectivity index (χ4v) is 4.35. The maximum Gasteiger partial charge on any atom is 0.263 e. The van der Waals surface area contributed by atoms with Gasteiger partial charge in [0, 0.05) is 19.3 Å². The van der Waals surface area contributed by atoms with E-state index in [-0.39, 0.29) is 17.5 Å². The summed E-state index contributed by atoms with van der Waals surface area (Å²) in [5.74, 6) is -0.380. The van der Waals surface area contributed by atoms with Crippen molar-refractivity contribution < 1.29 is 9.53 Å². The Morgan fingerprint density at radius 3 is 2.66 bits per heavy atom. The number of hydrogen-bond acceptors (Lipinski definition) is 5. The maximum atomic E-state index is 12.8. The number of benzene rings is 2. The molecule has 4 rings (SSSR count). The normalized spacial score (nSPS) is 17.1. The van der Waals surface area contributed by atoms with Gasteiger partial charge in [0.25, 0.3) is 5.91 Å². The molecule has 1 unspecified atom stereocenters. The lowest BCUT2D eigenvalue weighted by molar-refractivity contribution is -0.117. The molecule has 1 fully saturated rings. The largest absolute Gasteiger partial charge is 0.378 e. The monoisotopic (exact) mass is 430 g/mol. The van der Waals surface area contributed by atoms with E-state index in [1.165, 1.54) is 30.2 Å². The van der Waals surface area contributed by atoms with E-state index in [2.05, 4.69) is 33.7 Å². The van der Waals surface area contributed by atoms with Gasteiger partial charge in [0.05, 0.1) is 30.6 Å². The van der Waals surface area contributed by atoms with Gasteiger partial charge >= 0.3 is 0 Å². The van der Waals surface area contributed by atoms with E-state index in [9.17, 15) is 10.1 Å². The Bertz CT molecular complexity index is 1030. The third-order valence-corrected chi connectivity index (χ3v) is 6.21. The number of nitrogens with zero attached hydrogens (tertiary/aromatic N) is 2. The maximum absolute atomic E-state index is 12.8. The van der Waals surface area contributed by atoms with Crippen LogP contribution in [0.25, 0.3) is 0 Å². The molecule has 2 aromatic rings. The number of ether oxygens (including phenoxy) is 1. The van der Waals surface area contributed by atoms with Crippen LogP contribution >= 0.6 is 0 Å². The van der Waals surface area contributed by atoms with Crippen LogP contribution in [0, 0.1) is 11.3 Å². The molecule has 1 aliphatic heterocycles. The molecular formula is C26H30N4O2. The minimum atomic E-state index is -0.380. The number of para-hydroxylation sites is 2. The number of amides is 1. The van der Waals surface area contributed by atoms with Crippen LogP contribution in [0.5, 0.6) is 0 Å². The number of anilines is 2. The average Bonchev–Trinajstić information content (AvgIpc) is 2.85. The molecule has 6 heteroatoms. The summed E-state index contributed by atoms with van der Waals surface area (Å²) in [6, 6.07) is 16.2. The Labute approximate surface area is 189 Å². The summed E-state index contributed by atoms with van der Waals surface area (Å²) in [6.45, 7) is 4.96. The van der Waals surface area contributed by atoms with Gasteiger partial charge in [0.1, 0.15) is 11.6 Å². The van der Waals surface area contributed by atoms with E-state index < -0.39 is 0 Å². The summed E-state index contributed by atoms with van der Waals surface area (Å²) < 4.78 is 5.44. The summed E-state index contributed by atoms with van der Waals surface area (Å²) >= 11 is 0. The average molecular weight is 431 g/mol. The van der Waals surface area contributed by atoms with Crippen molar-refractivity contribution in [3.8, 4) is 6.07 Å². The molecule has 0 spiro atoms. The number of hydrogen-bond donors (Lipinski definition) is 2. The van der Waals surface area contributed by atoms with Gasteiger partial charge in [0.2, 0.25) is 0 Å². The van der Waals surface area contributed by atoms with Crippen molar-refractivity contribution >= 4 is 17.3 Å². The van der Waals surface area contributed by atoms with Gasteiger partial charge in [-0.1, -0.05) is 30.3 Å². The minimum Gasteiger partial charge on any atom is -0.378 e. The number of morpholine rings is 1. The molecule has 1 amide bonds. The third-order valence-electron chi connectivity index (χ3n) is 6.21. The number of nitrogens with one attached hydrogen (secondary N) is 2. The Hall–Kier alpha value is -3.30. The zero-order chi connectivity index (χ0) is 22.3. The van der Waals surface area contributed by atoms with Gasteiger partial charge in [-0.2, -0.15) is 5.26 Å². The van der Waals surface area contributed by atoms with E-state index in [4.69, 9.17) is 4.74 Å². The highest BCUT2D eigenvalue weighted by molar-refractivity contribution is 5.97. The fraction of sp³-hybridized carbons (Fsp3) is 0.385. The molecule has 32 heavy (non-hydrogen) atoms. The molecule has 2 N–H and O–H groups in total. The summed E-state index contributed by atoms with van der Waals surface area (Å²) in [6.07, 6.45) is 6.19. The van der Waals surface area contributed by atoms with Gasteiger partial charge in [-0.25, -0.2) is 0 Å². The standard InChI is InChI=1S/C26H30N4O2/c1-19(21-11-10-20-6-2-3-7-22(20)16-21)29-26(31)23(17-27)18-28-24-8-4-5-9-25(24)30-12-14-32-15-13-30/h4-5,8-11,16,18-19,28H,2-3,6-7,12-15H2,1H3,(H,29,31)/b23-18-. The van der Waals surface area contributed by atoms with Crippen LogP contribution in [0.3, 0.4) is 0 Å². The molecule has 2 aliphatic rings. The molecule has 6 nitrogen and oxygen atoms in total. The lowest BCUT2D eigenvalue weighted by Gasteiger charge is -2.30. The van der Waals surface area contributed by atoms with Gasteiger partial charge in [-0.15, -0.1) is 0 Å². The van der Waals surface area contributed by atoms with Gasteiger partial charge in [-0.3, -0.25) is 4.79 Å². The third kappa shape index (κ3) is 5.12. The van der Waals surface area contributed by atoms with Crippen molar-refractivity contribution in [1.82, 2.24) is 5.32 Å². The van der Waals surface area contributed by atoms with Gasteiger partial charge in [-0.05, 0) is 61.4 Å². The lowest BCUT2D eigenvalue weighted by Crippen LogP contribution is -2.36. The molecule has 1 aliphatic carbocycles. The molecule has 0 saturated carbocycles. The van der Waals surface area contributed by atoms with Gasteiger partial charge < -0.3 is 20.3 Å². The number of aryl methyl sites for hydroxylation is 2. The Kier molecular flexibility index (Phi) is 7.08. The van der Waals surface area contributed by atoms with Crippen molar-refractivity contribution in [3.05, 3.63) is 70.9 Å². The van der Waals surface area contributed by atoms with Crippen LogP contribution in [-0.4, -0.2) is 32.2 Å². The zero-order valence-electron chi connectivity index (χ0n) is 18.6. The number of nitriles is 1. The predicted octanol–water partition coefficient (Wildman–Crippen LogP) is 4.10.